The van der Waals surface area contributed by atoms with Gasteiger partial charge in [-0.3, -0.25) is 9.59 Å². The molecule has 0 saturated heterocycles. The molecule has 40 heavy (non-hydrogen) atoms. The summed E-state index contributed by atoms with van der Waals surface area (Å²) in [6.45, 7) is 4.75. The molecule has 0 bridgehead atoms. The van der Waals surface area contributed by atoms with Gasteiger partial charge in [-0.25, -0.2) is 0 Å². The van der Waals surface area contributed by atoms with Crippen molar-refractivity contribution in [2.45, 2.75) is 52.1 Å². The van der Waals surface area contributed by atoms with E-state index in [2.05, 4.69) is 6.92 Å². The van der Waals surface area contributed by atoms with Crippen molar-refractivity contribution in [1.82, 2.24) is 4.90 Å². The molecule has 8 heteroatoms. The van der Waals surface area contributed by atoms with Crippen LogP contribution in [0.3, 0.4) is 0 Å². The third-order valence-electron chi connectivity index (χ3n) is 7.30. The predicted octanol–water partition coefficient (Wildman–Crippen LogP) is 8.12. The molecule has 0 fully saturated rings. The molecule has 3 aromatic carbocycles. The van der Waals surface area contributed by atoms with E-state index in [9.17, 15) is 9.59 Å². The Labute approximate surface area is 243 Å². The van der Waals surface area contributed by atoms with E-state index >= 15 is 0 Å². The highest BCUT2D eigenvalue weighted by Gasteiger charge is 2.43. The number of benzene rings is 3. The van der Waals surface area contributed by atoms with Crippen LogP contribution in [0.15, 0.2) is 63.8 Å². The second-order valence-corrected chi connectivity index (χ2v) is 10.8. The Morgan fingerprint density at radius 1 is 0.950 bits per heavy atom. The van der Waals surface area contributed by atoms with Crippen LogP contribution in [-0.2, 0) is 6.54 Å². The summed E-state index contributed by atoms with van der Waals surface area (Å²) in [5.74, 6) is 0.765. The number of hydrogen-bond donors (Lipinski definition) is 0. The van der Waals surface area contributed by atoms with Crippen molar-refractivity contribution in [3.63, 3.8) is 0 Å². The topological polar surface area (TPSA) is 69.0 Å². The van der Waals surface area contributed by atoms with E-state index in [1.54, 1.807) is 30.2 Å². The Balaban J connectivity index is 1.61. The minimum Gasteiger partial charge on any atom is -0.493 e. The molecule has 1 aliphatic rings. The highest BCUT2D eigenvalue weighted by Crippen LogP contribution is 2.42. The number of hydrogen-bond acceptors (Lipinski definition) is 5. The van der Waals surface area contributed by atoms with Gasteiger partial charge in [-0.15, -0.1) is 0 Å². The van der Waals surface area contributed by atoms with Crippen LogP contribution in [0.4, 0.5) is 0 Å². The number of halogens is 2. The summed E-state index contributed by atoms with van der Waals surface area (Å²) in [6, 6.07) is 15.4. The van der Waals surface area contributed by atoms with Crippen molar-refractivity contribution in [1.29, 1.82) is 0 Å². The van der Waals surface area contributed by atoms with Crippen LogP contribution in [0, 0.1) is 6.92 Å². The number of carbonyl (C=O) groups excluding carboxylic acids is 1. The number of aryl methyl sites for hydroxylation is 1. The number of rotatable bonds is 10. The van der Waals surface area contributed by atoms with Crippen molar-refractivity contribution < 1.29 is 18.7 Å². The molecular formula is C32H31Cl2NO5. The average molecular weight is 581 g/mol. The minimum absolute atomic E-state index is 0.0199. The lowest BCUT2D eigenvalue weighted by molar-refractivity contribution is 0.0714. The van der Waals surface area contributed by atoms with Crippen LogP contribution in [-0.4, -0.2) is 24.5 Å². The van der Waals surface area contributed by atoms with Crippen LogP contribution in [0.5, 0.6) is 11.5 Å². The molecule has 0 saturated carbocycles. The molecule has 1 unspecified atom stereocenters. The molecule has 208 valence electrons. The normalized spacial score (nSPS) is 14.6. The first kappa shape index (κ1) is 28.1. The van der Waals surface area contributed by atoms with Gasteiger partial charge in [0, 0.05) is 16.6 Å². The molecule has 0 radical (unpaired) electrons. The van der Waals surface area contributed by atoms with E-state index in [1.807, 2.05) is 43.3 Å². The summed E-state index contributed by atoms with van der Waals surface area (Å²) in [5, 5.41) is 1.31. The fourth-order valence-corrected chi connectivity index (χ4v) is 5.50. The third kappa shape index (κ3) is 5.30. The van der Waals surface area contributed by atoms with Crippen LogP contribution in [0.25, 0.3) is 11.0 Å². The number of nitrogens with zero attached hydrogens (tertiary/aromatic N) is 1. The third-order valence-corrected chi connectivity index (χ3v) is 8.08. The Kier molecular flexibility index (Phi) is 8.38. The summed E-state index contributed by atoms with van der Waals surface area (Å²) < 4.78 is 17.8. The van der Waals surface area contributed by atoms with Gasteiger partial charge in [0.25, 0.3) is 5.91 Å². The number of ether oxygens (including phenoxy) is 2. The van der Waals surface area contributed by atoms with Crippen molar-refractivity contribution in [2.24, 2.45) is 0 Å². The molecule has 5 rings (SSSR count). The lowest BCUT2D eigenvalue weighted by atomic mass is 9.97. The summed E-state index contributed by atoms with van der Waals surface area (Å²) >= 11 is 12.9. The first-order valence-corrected chi connectivity index (χ1v) is 14.2. The van der Waals surface area contributed by atoms with Crippen LogP contribution >= 0.6 is 23.2 Å². The van der Waals surface area contributed by atoms with Gasteiger partial charge in [-0.05, 0) is 60.4 Å². The molecule has 1 amide bonds. The first-order valence-electron chi connectivity index (χ1n) is 13.5. The summed E-state index contributed by atoms with van der Waals surface area (Å²) in [7, 11) is 1.57. The largest absolute Gasteiger partial charge is 0.493 e. The lowest BCUT2D eigenvalue weighted by Gasteiger charge is -2.26. The maximum absolute atomic E-state index is 13.9. The highest BCUT2D eigenvalue weighted by molar-refractivity contribution is 6.32. The quantitative estimate of drug-likeness (QED) is 0.177. The smallest absolute Gasteiger partial charge is 0.291 e. The molecule has 4 aromatic rings. The number of unbranched alkanes of at least 4 members (excludes halogenated alkanes) is 3. The Hall–Kier alpha value is -3.48. The number of methoxy groups -OCH3 is 1. The van der Waals surface area contributed by atoms with Crippen molar-refractivity contribution in [3.05, 3.63) is 103 Å². The Bertz CT molecular complexity index is 1630. The Morgan fingerprint density at radius 2 is 1.75 bits per heavy atom. The zero-order valence-electron chi connectivity index (χ0n) is 22.8. The number of fused-ring (bicyclic) bond motifs is 2. The van der Waals surface area contributed by atoms with Crippen molar-refractivity contribution in [3.8, 4) is 11.5 Å². The summed E-state index contributed by atoms with van der Waals surface area (Å²) in [6.07, 6.45) is 4.37. The fourth-order valence-electron chi connectivity index (χ4n) is 5.15. The summed E-state index contributed by atoms with van der Waals surface area (Å²) in [5.41, 5.74) is 2.49. The van der Waals surface area contributed by atoms with Gasteiger partial charge < -0.3 is 18.8 Å². The SMILES string of the molecule is CCCCCCOc1ccc(C2c3c(oc4cc(C)c(Cl)cc4c3=O)C(=O)N2Cc2ccccc2Cl)cc1OC. The molecule has 1 atom stereocenters. The van der Waals surface area contributed by atoms with Gasteiger partial charge in [0.2, 0.25) is 5.76 Å². The van der Waals surface area contributed by atoms with Gasteiger partial charge in [0.05, 0.1) is 30.7 Å². The fraction of sp³-hybridized carbons (Fsp3) is 0.312. The van der Waals surface area contributed by atoms with E-state index in [0.29, 0.717) is 44.7 Å². The molecule has 1 aromatic heterocycles. The maximum atomic E-state index is 13.9. The molecular weight excluding hydrogens is 549 g/mol. The average Bonchev–Trinajstić information content (AvgIpc) is 3.22. The number of amides is 1. The van der Waals surface area contributed by atoms with E-state index < -0.39 is 6.04 Å². The van der Waals surface area contributed by atoms with Crippen LogP contribution in [0.2, 0.25) is 10.0 Å². The van der Waals surface area contributed by atoms with Crippen molar-refractivity contribution >= 4 is 40.1 Å². The number of carbonyl (C=O) groups is 1. The minimum atomic E-state index is -0.730. The molecule has 2 heterocycles. The van der Waals surface area contributed by atoms with Gasteiger partial charge in [0.15, 0.2) is 16.9 Å². The monoisotopic (exact) mass is 579 g/mol. The highest BCUT2D eigenvalue weighted by atomic mass is 35.5. The second-order valence-electron chi connectivity index (χ2n) is 10.0. The lowest BCUT2D eigenvalue weighted by Crippen LogP contribution is -2.29. The maximum Gasteiger partial charge on any atom is 0.291 e. The molecule has 0 aliphatic carbocycles. The van der Waals surface area contributed by atoms with Crippen LogP contribution in [0.1, 0.15) is 71.5 Å². The van der Waals surface area contributed by atoms with E-state index in [4.69, 9.17) is 37.1 Å². The Morgan fingerprint density at radius 3 is 2.50 bits per heavy atom. The van der Waals surface area contributed by atoms with Crippen molar-refractivity contribution in [2.75, 3.05) is 13.7 Å². The molecule has 6 nitrogen and oxygen atoms in total. The summed E-state index contributed by atoms with van der Waals surface area (Å²) in [4.78, 5) is 29.4. The second kappa shape index (κ2) is 11.9. The first-order chi connectivity index (χ1) is 19.3. The molecule has 0 N–H and O–H groups in total. The van der Waals surface area contributed by atoms with Gasteiger partial charge >= 0.3 is 0 Å². The van der Waals surface area contributed by atoms with E-state index in [0.717, 1.165) is 36.8 Å². The zero-order chi connectivity index (χ0) is 28.4. The van der Waals surface area contributed by atoms with Crippen LogP contribution < -0.4 is 14.9 Å². The molecule has 1 aliphatic heterocycles. The predicted molar refractivity (Wildman–Crippen MR) is 158 cm³/mol. The zero-order valence-corrected chi connectivity index (χ0v) is 24.3. The van der Waals surface area contributed by atoms with Gasteiger partial charge in [-0.1, -0.05) is 73.7 Å². The van der Waals surface area contributed by atoms with E-state index in [1.165, 1.54) is 0 Å². The van der Waals surface area contributed by atoms with E-state index in [-0.39, 0.29) is 29.2 Å². The standard InChI is InChI=1S/C32H31Cl2NO5/c1-4-5-6-9-14-39-25-13-12-20(16-27(25)38-3)29-28-30(36)22-17-24(34)19(2)15-26(22)40-31(28)32(37)35(29)18-21-10-7-8-11-23(21)33/h7-8,10-13,15-17,29H,4-6,9,14,18H2,1-3H3. The van der Waals surface area contributed by atoms with Gasteiger partial charge in [0.1, 0.15) is 5.58 Å². The molecule has 0 spiro atoms. The van der Waals surface area contributed by atoms with Gasteiger partial charge in [-0.2, -0.15) is 0 Å².